The maximum Gasteiger partial charge on any atom is 0.122 e. The molecule has 0 amide bonds. The van der Waals surface area contributed by atoms with Crippen molar-refractivity contribution < 1.29 is 9.15 Å². The van der Waals surface area contributed by atoms with E-state index >= 15 is 0 Å². The van der Waals surface area contributed by atoms with Crippen LogP contribution in [-0.2, 0) is 30.9 Å². The van der Waals surface area contributed by atoms with E-state index < -0.39 is 0 Å². The Bertz CT molecular complexity index is 640. The van der Waals surface area contributed by atoms with Gasteiger partial charge in [0.05, 0.1) is 26.0 Å². The molecule has 23 heavy (non-hydrogen) atoms. The Labute approximate surface area is 140 Å². The quantitative estimate of drug-likeness (QED) is 0.603. The Morgan fingerprint density at radius 3 is 3.00 bits per heavy atom. The third kappa shape index (κ3) is 4.54. The first kappa shape index (κ1) is 16.0. The number of hydrogen-bond acceptors (Lipinski definition) is 5. The van der Waals surface area contributed by atoms with Crippen molar-refractivity contribution in [2.75, 3.05) is 13.7 Å². The molecule has 0 bridgehead atoms. The summed E-state index contributed by atoms with van der Waals surface area (Å²) in [6.07, 6.45) is 5.57. The highest BCUT2D eigenvalue weighted by Crippen LogP contribution is 2.15. The lowest BCUT2D eigenvalue weighted by atomic mass is 10.3. The van der Waals surface area contributed by atoms with Crippen LogP contribution in [0.4, 0.5) is 0 Å². The molecule has 3 aromatic heterocycles. The number of aromatic nitrogens is 2. The first-order valence-corrected chi connectivity index (χ1v) is 8.54. The largest absolute Gasteiger partial charge is 0.468 e. The van der Waals surface area contributed by atoms with Gasteiger partial charge in [0.1, 0.15) is 11.6 Å². The SMILES string of the molecule is COCCn1ccnc1CN(Cc1ccsc1)Cc1ccco1. The van der Waals surface area contributed by atoms with Crippen molar-refractivity contribution >= 4 is 11.3 Å². The van der Waals surface area contributed by atoms with E-state index in [0.717, 1.165) is 37.8 Å². The lowest BCUT2D eigenvalue weighted by Crippen LogP contribution is -2.24. The van der Waals surface area contributed by atoms with Gasteiger partial charge in [0.25, 0.3) is 0 Å². The Balaban J connectivity index is 1.71. The number of hydrogen-bond donors (Lipinski definition) is 0. The van der Waals surface area contributed by atoms with Gasteiger partial charge in [0.15, 0.2) is 0 Å². The van der Waals surface area contributed by atoms with Gasteiger partial charge in [0, 0.05) is 32.6 Å². The first-order valence-electron chi connectivity index (χ1n) is 7.60. The molecule has 0 radical (unpaired) electrons. The van der Waals surface area contributed by atoms with Crippen LogP contribution < -0.4 is 0 Å². The molecule has 0 aliphatic rings. The normalized spacial score (nSPS) is 11.4. The van der Waals surface area contributed by atoms with E-state index in [2.05, 4.69) is 31.3 Å². The van der Waals surface area contributed by atoms with Crippen LogP contribution in [0.2, 0.25) is 0 Å². The van der Waals surface area contributed by atoms with Crippen LogP contribution in [0.15, 0.2) is 52.0 Å². The molecular weight excluding hydrogens is 310 g/mol. The van der Waals surface area contributed by atoms with E-state index in [1.165, 1.54) is 5.56 Å². The molecule has 0 aromatic carbocycles. The minimum atomic E-state index is 0.687. The Morgan fingerprint density at radius 1 is 1.30 bits per heavy atom. The molecule has 0 aliphatic heterocycles. The molecule has 0 saturated carbocycles. The number of nitrogens with zero attached hydrogens (tertiary/aromatic N) is 3. The van der Waals surface area contributed by atoms with E-state index in [1.54, 1.807) is 24.7 Å². The van der Waals surface area contributed by atoms with Crippen molar-refractivity contribution in [3.8, 4) is 0 Å². The van der Waals surface area contributed by atoms with Gasteiger partial charge in [-0.3, -0.25) is 4.90 Å². The molecule has 3 rings (SSSR count). The summed E-state index contributed by atoms with van der Waals surface area (Å²) < 4.78 is 12.8. The van der Waals surface area contributed by atoms with E-state index in [9.17, 15) is 0 Å². The van der Waals surface area contributed by atoms with Crippen LogP contribution in [0, 0.1) is 0 Å². The molecule has 122 valence electrons. The zero-order valence-corrected chi connectivity index (χ0v) is 14.0. The predicted molar refractivity (Wildman–Crippen MR) is 90.1 cm³/mol. The molecule has 0 unspecified atom stereocenters. The van der Waals surface area contributed by atoms with Crippen LogP contribution in [-0.4, -0.2) is 28.2 Å². The van der Waals surface area contributed by atoms with E-state index in [0.29, 0.717) is 6.61 Å². The van der Waals surface area contributed by atoms with Crippen molar-refractivity contribution in [1.82, 2.24) is 14.5 Å². The lowest BCUT2D eigenvalue weighted by Gasteiger charge is -2.21. The highest BCUT2D eigenvalue weighted by molar-refractivity contribution is 7.07. The fourth-order valence-electron chi connectivity index (χ4n) is 2.52. The molecule has 5 nitrogen and oxygen atoms in total. The Morgan fingerprint density at radius 2 is 2.26 bits per heavy atom. The Kier molecular flexibility index (Phi) is 5.63. The average Bonchev–Trinajstić information content (AvgIpc) is 3.28. The second-order valence-electron chi connectivity index (χ2n) is 5.39. The highest BCUT2D eigenvalue weighted by Gasteiger charge is 2.13. The molecular formula is C17H21N3O2S. The summed E-state index contributed by atoms with van der Waals surface area (Å²) in [4.78, 5) is 6.84. The fourth-order valence-corrected chi connectivity index (χ4v) is 3.18. The third-order valence-electron chi connectivity index (χ3n) is 3.65. The molecule has 0 spiro atoms. The summed E-state index contributed by atoms with van der Waals surface area (Å²) in [6, 6.07) is 6.10. The summed E-state index contributed by atoms with van der Waals surface area (Å²) >= 11 is 1.72. The molecule has 3 heterocycles. The van der Waals surface area contributed by atoms with Gasteiger partial charge in [-0.15, -0.1) is 0 Å². The summed E-state index contributed by atoms with van der Waals surface area (Å²) in [5.74, 6) is 2.01. The molecule has 0 N–H and O–H groups in total. The first-order chi connectivity index (χ1) is 11.3. The number of imidazole rings is 1. The maximum absolute atomic E-state index is 5.51. The molecule has 6 heteroatoms. The van der Waals surface area contributed by atoms with Gasteiger partial charge in [-0.2, -0.15) is 11.3 Å². The maximum atomic E-state index is 5.51. The van der Waals surface area contributed by atoms with Crippen molar-refractivity contribution in [3.63, 3.8) is 0 Å². The number of methoxy groups -OCH3 is 1. The molecule has 0 aliphatic carbocycles. The van der Waals surface area contributed by atoms with Gasteiger partial charge in [-0.1, -0.05) is 0 Å². The predicted octanol–water partition coefficient (Wildman–Crippen LogP) is 3.39. The van der Waals surface area contributed by atoms with Gasteiger partial charge in [-0.25, -0.2) is 4.98 Å². The summed E-state index contributed by atoms with van der Waals surface area (Å²) in [7, 11) is 1.72. The minimum absolute atomic E-state index is 0.687. The van der Waals surface area contributed by atoms with Crippen LogP contribution in [0.3, 0.4) is 0 Å². The number of furan rings is 1. The number of thiophene rings is 1. The summed E-state index contributed by atoms with van der Waals surface area (Å²) in [5.41, 5.74) is 1.32. The van der Waals surface area contributed by atoms with Crippen LogP contribution in [0.5, 0.6) is 0 Å². The molecule has 0 fully saturated rings. The van der Waals surface area contributed by atoms with Crippen LogP contribution in [0.25, 0.3) is 0 Å². The fraction of sp³-hybridized carbons (Fsp3) is 0.353. The van der Waals surface area contributed by atoms with Gasteiger partial charge < -0.3 is 13.7 Å². The Hall–Kier alpha value is -1.89. The minimum Gasteiger partial charge on any atom is -0.468 e. The smallest absolute Gasteiger partial charge is 0.122 e. The lowest BCUT2D eigenvalue weighted by molar-refractivity contribution is 0.181. The van der Waals surface area contributed by atoms with Crippen molar-refractivity contribution in [2.24, 2.45) is 0 Å². The second-order valence-corrected chi connectivity index (χ2v) is 6.17. The molecule has 3 aromatic rings. The molecule has 0 saturated heterocycles. The third-order valence-corrected chi connectivity index (χ3v) is 4.38. The van der Waals surface area contributed by atoms with Crippen LogP contribution >= 0.6 is 11.3 Å². The topological polar surface area (TPSA) is 43.4 Å². The van der Waals surface area contributed by atoms with Gasteiger partial charge in [-0.05, 0) is 34.5 Å². The monoisotopic (exact) mass is 331 g/mol. The molecule has 0 atom stereocenters. The average molecular weight is 331 g/mol. The van der Waals surface area contributed by atoms with E-state index in [1.807, 2.05) is 24.5 Å². The van der Waals surface area contributed by atoms with Gasteiger partial charge >= 0.3 is 0 Å². The van der Waals surface area contributed by atoms with Crippen LogP contribution in [0.1, 0.15) is 17.1 Å². The van der Waals surface area contributed by atoms with E-state index in [-0.39, 0.29) is 0 Å². The van der Waals surface area contributed by atoms with E-state index in [4.69, 9.17) is 9.15 Å². The highest BCUT2D eigenvalue weighted by atomic mass is 32.1. The van der Waals surface area contributed by atoms with Crippen molar-refractivity contribution in [2.45, 2.75) is 26.2 Å². The summed E-state index contributed by atoms with van der Waals surface area (Å²) in [6.45, 7) is 3.92. The zero-order valence-electron chi connectivity index (χ0n) is 13.2. The number of rotatable bonds is 9. The van der Waals surface area contributed by atoms with Crippen molar-refractivity contribution in [3.05, 3.63) is 64.8 Å². The van der Waals surface area contributed by atoms with Crippen molar-refractivity contribution in [1.29, 1.82) is 0 Å². The second kappa shape index (κ2) is 8.10. The standard InChI is InChI=1S/C17H21N3O2S/c1-21-9-7-20-6-5-18-17(20)13-19(11-15-4-10-23-14-15)12-16-3-2-8-22-16/h2-6,8,10,14H,7,9,11-13H2,1H3. The summed E-state index contributed by atoms with van der Waals surface area (Å²) in [5, 5.41) is 4.30. The zero-order chi connectivity index (χ0) is 15.9. The van der Waals surface area contributed by atoms with Gasteiger partial charge in [0.2, 0.25) is 0 Å². The number of ether oxygens (including phenoxy) is 1.